The maximum atomic E-state index is 12.6. The minimum atomic E-state index is -0.0425. The predicted octanol–water partition coefficient (Wildman–Crippen LogP) is 2.58. The number of carbonyl (C=O) groups excluding carboxylic acids is 2. The van der Waals surface area contributed by atoms with Gasteiger partial charge in [0.1, 0.15) is 5.75 Å². The molecule has 0 aliphatic carbocycles. The average molecular weight is 356 g/mol. The van der Waals surface area contributed by atoms with Crippen LogP contribution in [0.25, 0.3) is 0 Å². The molecule has 0 bridgehead atoms. The second-order valence-corrected chi connectivity index (χ2v) is 6.32. The first-order valence-corrected chi connectivity index (χ1v) is 8.55. The molecule has 5 nitrogen and oxygen atoms in total. The highest BCUT2D eigenvalue weighted by Crippen LogP contribution is 2.18. The Hall–Kier alpha value is -2.47. The highest BCUT2D eigenvalue weighted by molar-refractivity contribution is 7.80. The standard InChI is InChI=1S/C19H20N2O3S/c1-24-15-6-4-5-14(13-15)18(22)20-9-11-21(12-10-20)19(23)16-7-2-3-8-17(16)25/h2-8,13,25H,9-12H2,1H3. The van der Waals surface area contributed by atoms with Crippen LogP contribution < -0.4 is 4.74 Å². The van der Waals surface area contributed by atoms with Crippen LogP contribution in [0.1, 0.15) is 20.7 Å². The Kier molecular flexibility index (Phi) is 5.28. The normalized spacial score (nSPS) is 14.3. The van der Waals surface area contributed by atoms with Crippen molar-refractivity contribution in [2.24, 2.45) is 0 Å². The number of piperazine rings is 1. The van der Waals surface area contributed by atoms with Gasteiger partial charge in [0.05, 0.1) is 12.7 Å². The summed E-state index contributed by atoms with van der Waals surface area (Å²) in [6, 6.07) is 14.4. The number of ether oxygens (including phenoxy) is 1. The van der Waals surface area contributed by atoms with E-state index in [4.69, 9.17) is 4.74 Å². The number of hydrogen-bond donors (Lipinski definition) is 1. The zero-order valence-electron chi connectivity index (χ0n) is 14.0. The Morgan fingerprint density at radius 3 is 2.20 bits per heavy atom. The molecule has 0 saturated carbocycles. The van der Waals surface area contributed by atoms with Gasteiger partial charge in [0.25, 0.3) is 11.8 Å². The molecular formula is C19H20N2O3S. The molecule has 0 N–H and O–H groups in total. The van der Waals surface area contributed by atoms with Crippen LogP contribution in [0, 0.1) is 0 Å². The van der Waals surface area contributed by atoms with E-state index >= 15 is 0 Å². The van der Waals surface area contributed by atoms with Crippen molar-refractivity contribution in [1.29, 1.82) is 0 Å². The molecule has 0 radical (unpaired) electrons. The summed E-state index contributed by atoms with van der Waals surface area (Å²) in [5, 5.41) is 0. The highest BCUT2D eigenvalue weighted by atomic mass is 32.1. The summed E-state index contributed by atoms with van der Waals surface area (Å²) < 4.78 is 5.17. The van der Waals surface area contributed by atoms with Gasteiger partial charge < -0.3 is 14.5 Å². The lowest BCUT2D eigenvalue weighted by Crippen LogP contribution is -2.50. The van der Waals surface area contributed by atoms with Crippen molar-refractivity contribution in [3.63, 3.8) is 0 Å². The van der Waals surface area contributed by atoms with Crippen LogP contribution in [0.4, 0.5) is 0 Å². The molecule has 1 fully saturated rings. The molecule has 1 aliphatic rings. The van der Waals surface area contributed by atoms with Gasteiger partial charge in [0, 0.05) is 36.6 Å². The second-order valence-electron chi connectivity index (χ2n) is 5.83. The SMILES string of the molecule is COc1cccc(C(=O)N2CCN(C(=O)c3ccccc3S)CC2)c1. The summed E-state index contributed by atoms with van der Waals surface area (Å²) in [5.41, 5.74) is 1.19. The Balaban J connectivity index is 1.64. The van der Waals surface area contributed by atoms with Gasteiger partial charge >= 0.3 is 0 Å². The first-order chi connectivity index (χ1) is 12.1. The van der Waals surface area contributed by atoms with Crippen LogP contribution in [-0.4, -0.2) is 54.9 Å². The summed E-state index contributed by atoms with van der Waals surface area (Å²) in [4.78, 5) is 29.4. The van der Waals surface area contributed by atoms with Gasteiger partial charge in [0.15, 0.2) is 0 Å². The predicted molar refractivity (Wildman–Crippen MR) is 98.5 cm³/mol. The lowest BCUT2D eigenvalue weighted by Gasteiger charge is -2.35. The Morgan fingerprint density at radius 2 is 1.56 bits per heavy atom. The Bertz CT molecular complexity index is 786. The smallest absolute Gasteiger partial charge is 0.255 e. The van der Waals surface area contributed by atoms with Crippen LogP contribution >= 0.6 is 12.6 Å². The molecule has 0 aromatic heterocycles. The first-order valence-electron chi connectivity index (χ1n) is 8.11. The number of nitrogens with zero attached hydrogens (tertiary/aromatic N) is 2. The molecule has 6 heteroatoms. The van der Waals surface area contributed by atoms with Crippen molar-refractivity contribution in [2.45, 2.75) is 4.90 Å². The largest absolute Gasteiger partial charge is 0.497 e. The van der Waals surface area contributed by atoms with E-state index in [0.717, 1.165) is 0 Å². The van der Waals surface area contributed by atoms with Crippen molar-refractivity contribution in [2.75, 3.05) is 33.3 Å². The van der Waals surface area contributed by atoms with Gasteiger partial charge in [-0.15, -0.1) is 12.6 Å². The van der Waals surface area contributed by atoms with E-state index in [1.165, 1.54) is 0 Å². The van der Waals surface area contributed by atoms with Crippen LogP contribution in [0.3, 0.4) is 0 Å². The van der Waals surface area contributed by atoms with Gasteiger partial charge in [-0.25, -0.2) is 0 Å². The number of rotatable bonds is 3. The van der Waals surface area contributed by atoms with Crippen molar-refractivity contribution in [3.8, 4) is 5.75 Å². The number of hydrogen-bond acceptors (Lipinski definition) is 4. The topological polar surface area (TPSA) is 49.9 Å². The zero-order valence-corrected chi connectivity index (χ0v) is 14.9. The molecule has 2 aromatic rings. The molecule has 2 amide bonds. The van der Waals surface area contributed by atoms with Crippen LogP contribution in [-0.2, 0) is 0 Å². The minimum Gasteiger partial charge on any atom is -0.497 e. The minimum absolute atomic E-state index is 0.0411. The molecule has 0 spiro atoms. The Morgan fingerprint density at radius 1 is 0.920 bits per heavy atom. The molecule has 2 aromatic carbocycles. The molecule has 1 heterocycles. The van der Waals surface area contributed by atoms with Crippen molar-refractivity contribution < 1.29 is 14.3 Å². The van der Waals surface area contributed by atoms with Crippen LogP contribution in [0.5, 0.6) is 5.75 Å². The summed E-state index contributed by atoms with van der Waals surface area (Å²) in [5.74, 6) is 0.574. The molecule has 130 valence electrons. The molecule has 1 aliphatic heterocycles. The van der Waals surface area contributed by atoms with Crippen molar-refractivity contribution in [3.05, 3.63) is 59.7 Å². The van der Waals surface area contributed by atoms with E-state index in [1.807, 2.05) is 18.2 Å². The molecule has 0 unspecified atom stereocenters. The Labute approximate surface area is 152 Å². The third kappa shape index (κ3) is 3.79. The summed E-state index contributed by atoms with van der Waals surface area (Å²) in [6.07, 6.45) is 0. The van der Waals surface area contributed by atoms with E-state index in [0.29, 0.717) is 48.0 Å². The summed E-state index contributed by atoms with van der Waals surface area (Å²) >= 11 is 4.35. The maximum absolute atomic E-state index is 12.6. The van der Waals surface area contributed by atoms with Crippen LogP contribution in [0.2, 0.25) is 0 Å². The number of carbonyl (C=O) groups is 2. The highest BCUT2D eigenvalue weighted by Gasteiger charge is 2.26. The monoisotopic (exact) mass is 356 g/mol. The lowest BCUT2D eigenvalue weighted by molar-refractivity contribution is 0.0533. The van der Waals surface area contributed by atoms with E-state index in [1.54, 1.807) is 47.2 Å². The van der Waals surface area contributed by atoms with Crippen molar-refractivity contribution in [1.82, 2.24) is 9.80 Å². The number of methoxy groups -OCH3 is 1. The van der Waals surface area contributed by atoms with E-state index < -0.39 is 0 Å². The number of benzene rings is 2. The molecule has 3 rings (SSSR count). The van der Waals surface area contributed by atoms with Gasteiger partial charge in [-0.1, -0.05) is 18.2 Å². The first kappa shape index (κ1) is 17.4. The lowest BCUT2D eigenvalue weighted by atomic mass is 10.1. The third-order valence-electron chi connectivity index (χ3n) is 4.31. The summed E-state index contributed by atoms with van der Waals surface area (Å²) in [7, 11) is 1.58. The van der Waals surface area contributed by atoms with E-state index in [-0.39, 0.29) is 11.8 Å². The molecule has 25 heavy (non-hydrogen) atoms. The van der Waals surface area contributed by atoms with Gasteiger partial charge in [-0.05, 0) is 30.3 Å². The maximum Gasteiger partial charge on any atom is 0.255 e. The zero-order chi connectivity index (χ0) is 17.8. The fourth-order valence-electron chi connectivity index (χ4n) is 2.88. The average Bonchev–Trinajstić information content (AvgIpc) is 2.67. The fraction of sp³-hybridized carbons (Fsp3) is 0.263. The third-order valence-corrected chi connectivity index (χ3v) is 4.70. The molecule has 0 atom stereocenters. The van der Waals surface area contributed by atoms with Crippen LogP contribution in [0.15, 0.2) is 53.4 Å². The number of thiol groups is 1. The number of amides is 2. The van der Waals surface area contributed by atoms with Gasteiger partial charge in [0.2, 0.25) is 0 Å². The molecular weight excluding hydrogens is 336 g/mol. The second kappa shape index (κ2) is 7.61. The van der Waals surface area contributed by atoms with Crippen molar-refractivity contribution >= 4 is 24.4 Å². The van der Waals surface area contributed by atoms with E-state index in [9.17, 15) is 9.59 Å². The van der Waals surface area contributed by atoms with Gasteiger partial charge in [-0.3, -0.25) is 9.59 Å². The summed E-state index contributed by atoms with van der Waals surface area (Å²) in [6.45, 7) is 2.04. The van der Waals surface area contributed by atoms with E-state index in [2.05, 4.69) is 12.6 Å². The van der Waals surface area contributed by atoms with Gasteiger partial charge in [-0.2, -0.15) is 0 Å². The quantitative estimate of drug-likeness (QED) is 0.860. The fourth-order valence-corrected chi connectivity index (χ4v) is 3.13. The molecule has 1 saturated heterocycles.